The highest BCUT2D eigenvalue weighted by Crippen LogP contribution is 2.36. The van der Waals surface area contributed by atoms with Crippen LogP contribution in [0.2, 0.25) is 0 Å². The third-order valence-electron chi connectivity index (χ3n) is 3.76. The Morgan fingerprint density at radius 2 is 2.12 bits per heavy atom. The Morgan fingerprint density at radius 3 is 2.88 bits per heavy atom. The molecule has 1 amide bonds. The van der Waals surface area contributed by atoms with Gasteiger partial charge in [-0.1, -0.05) is 18.2 Å². The van der Waals surface area contributed by atoms with Gasteiger partial charge in [0.1, 0.15) is 0 Å². The van der Waals surface area contributed by atoms with E-state index in [4.69, 9.17) is 0 Å². The quantitative estimate of drug-likeness (QED) is 0.782. The third-order valence-corrected chi connectivity index (χ3v) is 3.76. The highest BCUT2D eigenvalue weighted by atomic mass is 16.1. The molecule has 0 unspecified atom stereocenters. The molecule has 0 saturated carbocycles. The molecular weight excluding hydrogens is 210 g/mol. The average Bonchev–Trinajstić information content (AvgIpc) is 2.73. The summed E-state index contributed by atoms with van der Waals surface area (Å²) in [6.07, 6.45) is 7.80. The molecule has 0 aromatic heterocycles. The van der Waals surface area contributed by atoms with Gasteiger partial charge in [-0.25, -0.2) is 0 Å². The Balaban J connectivity index is 2.10. The topological polar surface area (TPSA) is 29.1 Å². The van der Waals surface area contributed by atoms with E-state index in [0.717, 1.165) is 12.1 Å². The third kappa shape index (κ3) is 1.78. The van der Waals surface area contributed by atoms with Crippen molar-refractivity contribution >= 4 is 17.2 Å². The van der Waals surface area contributed by atoms with Gasteiger partial charge in [0.15, 0.2) is 0 Å². The number of hydrogen-bond acceptors (Lipinski definition) is 1. The second-order valence-corrected chi connectivity index (χ2v) is 4.98. The molecule has 1 N–H and O–H groups in total. The zero-order valence-electron chi connectivity index (χ0n) is 10.2. The van der Waals surface area contributed by atoms with Crippen LogP contribution in [0.5, 0.6) is 0 Å². The predicted molar refractivity (Wildman–Crippen MR) is 70.0 cm³/mol. The van der Waals surface area contributed by atoms with Crippen LogP contribution in [0.3, 0.4) is 0 Å². The Morgan fingerprint density at radius 1 is 1.24 bits per heavy atom. The molecule has 17 heavy (non-hydrogen) atoms. The van der Waals surface area contributed by atoms with Crippen molar-refractivity contribution < 1.29 is 4.79 Å². The van der Waals surface area contributed by atoms with E-state index in [1.807, 2.05) is 0 Å². The summed E-state index contributed by atoms with van der Waals surface area (Å²) >= 11 is 0. The molecule has 0 spiro atoms. The van der Waals surface area contributed by atoms with Gasteiger partial charge in [0, 0.05) is 5.69 Å². The van der Waals surface area contributed by atoms with Crippen molar-refractivity contribution in [3.8, 4) is 0 Å². The molecule has 0 saturated heterocycles. The largest absolute Gasteiger partial charge is 0.325 e. The first-order valence-electron chi connectivity index (χ1n) is 6.37. The van der Waals surface area contributed by atoms with Crippen LogP contribution >= 0.6 is 0 Å². The number of hydrogen-bond donors (Lipinski definition) is 1. The van der Waals surface area contributed by atoms with Gasteiger partial charge in [-0.3, -0.25) is 4.79 Å². The van der Waals surface area contributed by atoms with E-state index in [2.05, 4.69) is 30.4 Å². The molecule has 1 aromatic rings. The first kappa shape index (κ1) is 10.6. The smallest absolute Gasteiger partial charge is 0.228 e. The lowest BCUT2D eigenvalue weighted by Gasteiger charge is -2.16. The maximum atomic E-state index is 11.6. The molecule has 88 valence electrons. The summed E-state index contributed by atoms with van der Waals surface area (Å²) in [5.74, 6) is 0.131. The summed E-state index contributed by atoms with van der Waals surface area (Å²) in [7, 11) is 0. The van der Waals surface area contributed by atoms with Crippen LogP contribution in [0.15, 0.2) is 18.2 Å². The Kier molecular flexibility index (Phi) is 2.50. The van der Waals surface area contributed by atoms with E-state index >= 15 is 0 Å². The van der Waals surface area contributed by atoms with Crippen LogP contribution in [0.4, 0.5) is 5.69 Å². The van der Waals surface area contributed by atoms with Gasteiger partial charge in [-0.2, -0.15) is 0 Å². The van der Waals surface area contributed by atoms with Gasteiger partial charge < -0.3 is 5.32 Å². The number of anilines is 1. The minimum absolute atomic E-state index is 0.131. The van der Waals surface area contributed by atoms with Crippen molar-refractivity contribution in [2.45, 2.75) is 39.0 Å². The van der Waals surface area contributed by atoms with Crippen LogP contribution in [0.1, 0.15) is 42.4 Å². The van der Waals surface area contributed by atoms with Crippen LogP contribution in [-0.4, -0.2) is 5.91 Å². The number of allylic oxidation sites excluding steroid dienone is 2. The Hall–Kier alpha value is -1.57. The summed E-state index contributed by atoms with van der Waals surface area (Å²) in [5, 5.41) is 2.98. The lowest BCUT2D eigenvalue weighted by Crippen LogP contribution is -2.04. The molecule has 0 bridgehead atoms. The van der Waals surface area contributed by atoms with Crippen molar-refractivity contribution in [2.75, 3.05) is 5.32 Å². The predicted octanol–water partition coefficient (Wildman–Crippen LogP) is 3.45. The Labute approximate surface area is 102 Å². The second kappa shape index (κ2) is 4.02. The van der Waals surface area contributed by atoms with Gasteiger partial charge in [0.2, 0.25) is 5.91 Å². The number of fused-ring (bicyclic) bond motifs is 1. The Bertz CT molecular complexity index is 514. The molecule has 1 aliphatic heterocycles. The molecule has 2 aliphatic rings. The fourth-order valence-electron chi connectivity index (χ4n) is 2.85. The average molecular weight is 227 g/mol. The van der Waals surface area contributed by atoms with Crippen molar-refractivity contribution in [1.29, 1.82) is 0 Å². The second-order valence-electron chi connectivity index (χ2n) is 4.98. The highest BCUT2D eigenvalue weighted by Gasteiger charge is 2.23. The molecule has 0 atom stereocenters. The molecular formula is C15H17NO. The minimum atomic E-state index is 0.131. The van der Waals surface area contributed by atoms with Crippen molar-refractivity contribution in [3.05, 3.63) is 34.9 Å². The number of rotatable bonds is 1. The lowest BCUT2D eigenvalue weighted by atomic mass is 9.89. The minimum Gasteiger partial charge on any atom is -0.325 e. The van der Waals surface area contributed by atoms with Crippen LogP contribution < -0.4 is 5.32 Å². The molecule has 2 heteroatoms. The zero-order chi connectivity index (χ0) is 11.8. The van der Waals surface area contributed by atoms with Crippen LogP contribution in [0.25, 0.3) is 5.57 Å². The van der Waals surface area contributed by atoms with Gasteiger partial charge >= 0.3 is 0 Å². The van der Waals surface area contributed by atoms with E-state index in [9.17, 15) is 4.79 Å². The van der Waals surface area contributed by atoms with Gasteiger partial charge in [-0.15, -0.1) is 0 Å². The summed E-state index contributed by atoms with van der Waals surface area (Å²) in [4.78, 5) is 11.6. The summed E-state index contributed by atoms with van der Waals surface area (Å²) < 4.78 is 0. The SMILES string of the molecule is Cc1ccc(C2=CCCCC2)c2c1NC(=O)C2. The number of benzene rings is 1. The van der Waals surface area contributed by atoms with Crippen molar-refractivity contribution in [1.82, 2.24) is 0 Å². The number of carbonyl (C=O) groups is 1. The first-order valence-corrected chi connectivity index (χ1v) is 6.37. The van der Waals surface area contributed by atoms with E-state index in [0.29, 0.717) is 6.42 Å². The fraction of sp³-hybridized carbons (Fsp3) is 0.400. The van der Waals surface area contributed by atoms with Gasteiger partial charge in [0.25, 0.3) is 0 Å². The van der Waals surface area contributed by atoms with E-state index in [1.165, 1.54) is 41.5 Å². The molecule has 2 nitrogen and oxygen atoms in total. The van der Waals surface area contributed by atoms with Gasteiger partial charge in [-0.05, 0) is 54.9 Å². The molecule has 1 heterocycles. The van der Waals surface area contributed by atoms with Crippen LogP contribution in [-0.2, 0) is 11.2 Å². The highest BCUT2D eigenvalue weighted by molar-refractivity contribution is 6.02. The fourth-order valence-corrected chi connectivity index (χ4v) is 2.85. The zero-order valence-corrected chi connectivity index (χ0v) is 10.2. The molecule has 3 rings (SSSR count). The summed E-state index contributed by atoms with van der Waals surface area (Å²) in [6.45, 7) is 2.06. The first-order chi connectivity index (χ1) is 8.25. The summed E-state index contributed by atoms with van der Waals surface area (Å²) in [6, 6.07) is 4.31. The number of carbonyl (C=O) groups excluding carboxylic acids is 1. The number of amides is 1. The normalized spacial score (nSPS) is 18.6. The lowest BCUT2D eigenvalue weighted by molar-refractivity contribution is -0.115. The molecule has 1 aromatic carbocycles. The maximum absolute atomic E-state index is 11.6. The number of nitrogens with one attached hydrogen (secondary N) is 1. The maximum Gasteiger partial charge on any atom is 0.228 e. The van der Waals surface area contributed by atoms with E-state index < -0.39 is 0 Å². The van der Waals surface area contributed by atoms with E-state index in [-0.39, 0.29) is 5.91 Å². The van der Waals surface area contributed by atoms with Crippen molar-refractivity contribution in [2.24, 2.45) is 0 Å². The van der Waals surface area contributed by atoms with E-state index in [1.54, 1.807) is 0 Å². The van der Waals surface area contributed by atoms with Crippen molar-refractivity contribution in [3.63, 3.8) is 0 Å². The summed E-state index contributed by atoms with van der Waals surface area (Å²) in [5.41, 5.74) is 6.17. The number of aryl methyl sites for hydroxylation is 1. The monoisotopic (exact) mass is 227 g/mol. The molecule has 1 aliphatic carbocycles. The van der Waals surface area contributed by atoms with Gasteiger partial charge in [0.05, 0.1) is 6.42 Å². The van der Waals surface area contributed by atoms with Crippen LogP contribution in [0, 0.1) is 6.92 Å². The molecule has 0 fully saturated rings. The standard InChI is InChI=1S/C15H17NO/c1-10-7-8-12(11-5-3-2-4-6-11)13-9-14(17)16-15(10)13/h5,7-8H,2-4,6,9H2,1H3,(H,16,17). The molecule has 0 radical (unpaired) electrons.